The number of nitro groups is 1. The molecule has 9 heteroatoms. The average Bonchev–Trinajstić information content (AvgIpc) is 2.00. The number of nitrogens with zero attached hydrogens (tertiary/aromatic N) is 1. The molecule has 0 amide bonds. The van der Waals surface area contributed by atoms with E-state index in [0.29, 0.717) is 12.1 Å². The Kier molecular flexibility index (Phi) is 3.03. The lowest BCUT2D eigenvalue weighted by atomic mass is 10.3. The van der Waals surface area contributed by atoms with Gasteiger partial charge in [-0.15, -0.1) is 15.5 Å². The van der Waals surface area contributed by atoms with Crippen molar-refractivity contribution in [3.05, 3.63) is 34.4 Å². The highest BCUT2D eigenvalue weighted by Crippen LogP contribution is 3.04. The SMILES string of the molecule is C.O=[N+]([O-])c1ccc(S(F)(F)(F)(F)Cl)cc1. The number of rotatable bonds is 2. The molecule has 0 aromatic heterocycles. The summed E-state index contributed by atoms with van der Waals surface area (Å²) in [6.07, 6.45) is 0. The predicted octanol–water partition coefficient (Wildman–Crippen LogP) is 5.16. The van der Waals surface area contributed by atoms with E-state index in [-0.39, 0.29) is 19.6 Å². The van der Waals surface area contributed by atoms with Crippen LogP contribution in [-0.4, -0.2) is 4.92 Å². The van der Waals surface area contributed by atoms with E-state index in [1.807, 2.05) is 0 Å². The Morgan fingerprint density at radius 2 is 1.50 bits per heavy atom. The van der Waals surface area contributed by atoms with Gasteiger partial charge in [0.2, 0.25) is 0 Å². The number of non-ortho nitro benzene ring substituents is 1. The van der Waals surface area contributed by atoms with Crippen LogP contribution < -0.4 is 0 Å². The molecule has 3 nitrogen and oxygen atoms in total. The molecule has 0 aliphatic carbocycles. The van der Waals surface area contributed by atoms with Gasteiger partial charge in [-0.1, -0.05) is 7.43 Å². The van der Waals surface area contributed by atoms with Crippen LogP contribution in [0.1, 0.15) is 7.43 Å². The topological polar surface area (TPSA) is 43.1 Å². The van der Waals surface area contributed by atoms with Crippen molar-refractivity contribution in [2.24, 2.45) is 0 Å². The van der Waals surface area contributed by atoms with Gasteiger partial charge in [0.1, 0.15) is 0 Å². The average molecular weight is 282 g/mol. The first-order chi connectivity index (χ1) is 6.40. The molecule has 0 bridgehead atoms. The Morgan fingerprint density at radius 1 is 1.12 bits per heavy atom. The third-order valence-electron chi connectivity index (χ3n) is 1.49. The summed E-state index contributed by atoms with van der Waals surface area (Å²) in [5.74, 6) is 0. The summed E-state index contributed by atoms with van der Waals surface area (Å²) in [5, 5.41) is 10.1. The van der Waals surface area contributed by atoms with Crippen molar-refractivity contribution in [1.82, 2.24) is 0 Å². The maximum absolute atomic E-state index is 12.5. The Hall–Kier alpha value is -1.02. The van der Waals surface area contributed by atoms with Crippen LogP contribution in [0.25, 0.3) is 0 Å². The van der Waals surface area contributed by atoms with Gasteiger partial charge in [-0.2, -0.15) is 0 Å². The van der Waals surface area contributed by atoms with Gasteiger partial charge in [0.15, 0.2) is 0 Å². The van der Waals surface area contributed by atoms with E-state index < -0.39 is 24.6 Å². The lowest BCUT2D eigenvalue weighted by Gasteiger charge is -2.42. The van der Waals surface area contributed by atoms with Crippen molar-refractivity contribution in [1.29, 1.82) is 0 Å². The van der Waals surface area contributed by atoms with Crippen LogP contribution in [0.5, 0.6) is 0 Å². The van der Waals surface area contributed by atoms with Gasteiger partial charge in [0, 0.05) is 22.8 Å². The molecular weight excluding hydrogens is 274 g/mol. The molecule has 0 aliphatic rings. The molecule has 1 rings (SSSR count). The molecule has 0 heterocycles. The minimum Gasteiger partial charge on any atom is -0.258 e. The van der Waals surface area contributed by atoms with Gasteiger partial charge >= 0.3 is 0 Å². The monoisotopic (exact) mass is 281 g/mol. The largest absolute Gasteiger partial charge is 0.269 e. The molecule has 0 atom stereocenters. The molecule has 0 radical (unpaired) electrons. The van der Waals surface area contributed by atoms with Crippen LogP contribution in [0.3, 0.4) is 0 Å². The first-order valence-corrected chi connectivity index (χ1v) is 6.26. The van der Waals surface area contributed by atoms with Crippen LogP contribution in [-0.2, 0) is 0 Å². The third kappa shape index (κ3) is 3.53. The number of nitro benzene ring substituents is 1. The zero-order chi connectivity index (χ0) is 12.0. The Morgan fingerprint density at radius 3 is 1.75 bits per heavy atom. The lowest BCUT2D eigenvalue weighted by Crippen LogP contribution is -2.04. The second kappa shape index (κ2) is 3.24. The second-order valence-electron chi connectivity index (χ2n) is 2.72. The van der Waals surface area contributed by atoms with Gasteiger partial charge < -0.3 is 0 Å². The molecule has 0 saturated heterocycles. The quantitative estimate of drug-likeness (QED) is 0.427. The van der Waals surface area contributed by atoms with Crippen molar-refractivity contribution < 1.29 is 20.5 Å². The Labute approximate surface area is 93.1 Å². The maximum Gasteiger partial charge on any atom is 0.269 e. The molecule has 0 fully saturated rings. The van der Waals surface area contributed by atoms with Gasteiger partial charge in [-0.25, -0.2) is 0 Å². The van der Waals surface area contributed by atoms with Gasteiger partial charge in [0.05, 0.1) is 9.82 Å². The fourth-order valence-electron chi connectivity index (χ4n) is 0.825. The Balaban J connectivity index is 0.00000225. The first-order valence-electron chi connectivity index (χ1n) is 3.39. The third-order valence-corrected chi connectivity index (χ3v) is 3.19. The highest BCUT2D eigenvalue weighted by atomic mass is 35.7. The molecular formula is C7H8ClF4NO2S. The summed E-state index contributed by atoms with van der Waals surface area (Å²) >= 11 is 0. The minimum atomic E-state index is -8.74. The summed E-state index contributed by atoms with van der Waals surface area (Å²) in [4.78, 5) is 7.52. The summed E-state index contributed by atoms with van der Waals surface area (Å²) < 4.78 is 50.2. The van der Waals surface area contributed by atoms with Gasteiger partial charge in [-0.05, 0) is 12.1 Å². The molecule has 0 saturated carbocycles. The Bertz CT molecular complexity index is 415. The zero-order valence-corrected chi connectivity index (χ0v) is 8.44. The predicted molar refractivity (Wildman–Crippen MR) is 56.0 cm³/mol. The molecule has 94 valence electrons. The summed E-state index contributed by atoms with van der Waals surface area (Å²) in [5.41, 5.74) is -0.572. The van der Waals surface area contributed by atoms with Crippen LogP contribution in [0.4, 0.5) is 21.2 Å². The fraction of sp³-hybridized carbons (Fsp3) is 0.143. The molecule has 0 aliphatic heterocycles. The van der Waals surface area contributed by atoms with E-state index in [4.69, 9.17) is 0 Å². The van der Waals surface area contributed by atoms with Gasteiger partial charge in [0.25, 0.3) is 14.7 Å². The van der Waals surface area contributed by atoms with Crippen LogP contribution in [0.15, 0.2) is 29.2 Å². The molecule has 1 aromatic rings. The normalized spacial score (nSPS) is 15.6. The first kappa shape index (κ1) is 15.0. The van der Waals surface area contributed by atoms with Crippen molar-refractivity contribution in [2.45, 2.75) is 12.3 Å². The molecule has 0 unspecified atom stereocenters. The number of hydrogen-bond donors (Lipinski definition) is 0. The standard InChI is InChI=1S/C6H4ClF4NO2S.CH4/c7-15(8,9,10,11)6-3-1-5(2-4-6)12(13)14;/h1-4H;1H4. The van der Waals surface area contributed by atoms with Crippen molar-refractivity contribution in [3.8, 4) is 0 Å². The van der Waals surface area contributed by atoms with Crippen molar-refractivity contribution in [2.75, 3.05) is 0 Å². The molecule has 0 spiro atoms. The fourth-order valence-corrected chi connectivity index (χ4v) is 1.78. The summed E-state index contributed by atoms with van der Waals surface area (Å²) in [6.45, 7) is 0. The van der Waals surface area contributed by atoms with Crippen LogP contribution in [0.2, 0.25) is 0 Å². The second-order valence-corrected chi connectivity index (χ2v) is 6.99. The summed E-state index contributed by atoms with van der Waals surface area (Å²) in [6, 6.07) is 1.56. The number of hydrogen-bond acceptors (Lipinski definition) is 2. The van der Waals surface area contributed by atoms with Crippen LogP contribution in [0, 0.1) is 10.1 Å². The molecule has 0 N–H and O–H groups in total. The molecule has 1 aromatic carbocycles. The van der Waals surface area contributed by atoms with Gasteiger partial charge in [-0.3, -0.25) is 10.1 Å². The van der Waals surface area contributed by atoms with E-state index in [2.05, 4.69) is 10.7 Å². The number of benzene rings is 1. The van der Waals surface area contributed by atoms with E-state index in [1.54, 1.807) is 0 Å². The highest BCUT2D eigenvalue weighted by Gasteiger charge is 2.62. The maximum atomic E-state index is 12.5. The zero-order valence-electron chi connectivity index (χ0n) is 6.87. The van der Waals surface area contributed by atoms with Crippen molar-refractivity contribution in [3.63, 3.8) is 0 Å². The smallest absolute Gasteiger partial charge is 0.258 e. The number of halogens is 5. The summed E-state index contributed by atoms with van der Waals surface area (Å²) in [7, 11) is -4.76. The van der Waals surface area contributed by atoms with E-state index in [9.17, 15) is 25.7 Å². The highest BCUT2D eigenvalue weighted by molar-refractivity contribution is 8.65. The van der Waals surface area contributed by atoms with E-state index in [1.165, 1.54) is 0 Å². The van der Waals surface area contributed by atoms with E-state index in [0.717, 1.165) is 0 Å². The van der Waals surface area contributed by atoms with E-state index >= 15 is 0 Å². The van der Waals surface area contributed by atoms with Crippen LogP contribution >= 0.6 is 19.7 Å². The molecule has 16 heavy (non-hydrogen) atoms. The minimum absolute atomic E-state index is 0. The van der Waals surface area contributed by atoms with Crippen molar-refractivity contribution >= 4 is 25.4 Å². The lowest BCUT2D eigenvalue weighted by molar-refractivity contribution is -0.384.